The highest BCUT2D eigenvalue weighted by atomic mass is 31.2. The molecule has 0 saturated carbocycles. The summed E-state index contributed by atoms with van der Waals surface area (Å²) in [4.78, 5) is 129. The van der Waals surface area contributed by atoms with Crippen molar-refractivity contribution in [1.82, 2.24) is 19.6 Å². The third-order valence-electron chi connectivity index (χ3n) is 7.12. The van der Waals surface area contributed by atoms with Crippen LogP contribution in [0.4, 0.5) is 0 Å². The molecule has 0 aromatic heterocycles. The topological polar surface area (TPSA) is 311 Å². The summed E-state index contributed by atoms with van der Waals surface area (Å²) in [6.45, 7) is 1.48. The van der Waals surface area contributed by atoms with Gasteiger partial charge in [-0.05, 0) is 11.1 Å². The van der Waals surface area contributed by atoms with Gasteiger partial charge in [0.05, 0.1) is 0 Å². The minimum absolute atomic E-state index is 0.0420. The summed E-state index contributed by atoms with van der Waals surface area (Å²) in [5, 5.41) is -4.91. The maximum Gasteiger partial charge on any atom is 0.342 e. The van der Waals surface area contributed by atoms with Crippen molar-refractivity contribution in [2.45, 2.75) is 51.6 Å². The molecular weight excluding hydrogens is 724 g/mol. The summed E-state index contributed by atoms with van der Waals surface area (Å²) < 4.78 is 46.8. The van der Waals surface area contributed by atoms with Crippen LogP contribution in [0.15, 0.2) is 24.3 Å². The van der Waals surface area contributed by atoms with Crippen LogP contribution >= 0.6 is 30.4 Å². The van der Waals surface area contributed by atoms with Gasteiger partial charge >= 0.3 is 30.4 Å². The average molecular weight is 767 g/mol. The van der Waals surface area contributed by atoms with Gasteiger partial charge in [0.15, 0.2) is 10.8 Å². The second-order valence-electron chi connectivity index (χ2n) is 10.9. The fraction of sp³-hybridized carbons (Fsp3) is 0.583. The van der Waals surface area contributed by atoms with E-state index in [0.29, 0.717) is 11.1 Å². The summed E-state index contributed by atoms with van der Waals surface area (Å²) in [7, 11) is -21.3. The zero-order chi connectivity index (χ0) is 37.4. The molecular formula is C24H42N4O16P4. The maximum absolute atomic E-state index is 12.4. The van der Waals surface area contributed by atoms with E-state index in [4.69, 9.17) is 0 Å². The van der Waals surface area contributed by atoms with Crippen LogP contribution in [0.1, 0.15) is 38.8 Å². The number of nitrogens with zero attached hydrogens (tertiary/aromatic N) is 4. The van der Waals surface area contributed by atoms with E-state index in [0.717, 1.165) is 23.6 Å². The van der Waals surface area contributed by atoms with E-state index < -0.39 is 77.9 Å². The summed E-state index contributed by atoms with van der Waals surface area (Å²) in [6.07, 6.45) is 0. The van der Waals surface area contributed by atoms with E-state index in [1.165, 1.54) is 23.6 Å². The highest BCUT2D eigenvalue weighted by Gasteiger charge is 2.46. The van der Waals surface area contributed by atoms with E-state index in [-0.39, 0.29) is 39.3 Å². The molecule has 1 aromatic rings. The Bertz CT molecular complexity index is 1370. The van der Waals surface area contributed by atoms with Crippen LogP contribution in [-0.4, -0.2) is 132 Å². The number of carbonyl (C=O) groups is 4. The molecule has 0 spiro atoms. The molecule has 0 bridgehead atoms. The van der Waals surface area contributed by atoms with Gasteiger partial charge in [0, 0.05) is 80.1 Å². The molecule has 274 valence electrons. The fourth-order valence-electron chi connectivity index (χ4n) is 4.41. The van der Waals surface area contributed by atoms with Gasteiger partial charge in [-0.3, -0.25) is 37.4 Å². The molecule has 1 aromatic carbocycles. The molecule has 0 unspecified atom stereocenters. The van der Waals surface area contributed by atoms with Crippen LogP contribution in [0.2, 0.25) is 0 Å². The lowest BCUT2D eigenvalue weighted by Gasteiger charge is -2.30. The van der Waals surface area contributed by atoms with Gasteiger partial charge in [-0.2, -0.15) is 0 Å². The van der Waals surface area contributed by atoms with Crippen molar-refractivity contribution in [2.24, 2.45) is 0 Å². The average Bonchev–Trinajstić information content (AvgIpc) is 2.88. The van der Waals surface area contributed by atoms with Crippen molar-refractivity contribution in [3.8, 4) is 0 Å². The lowest BCUT2D eigenvalue weighted by Crippen LogP contribution is -2.42. The van der Waals surface area contributed by atoms with Crippen LogP contribution < -0.4 is 0 Å². The molecule has 0 saturated heterocycles. The third kappa shape index (κ3) is 14.7. The Morgan fingerprint density at radius 2 is 0.771 bits per heavy atom. The first-order valence-corrected chi connectivity index (χ1v) is 20.7. The van der Waals surface area contributed by atoms with Crippen LogP contribution in [0.3, 0.4) is 0 Å². The number of benzene rings is 1. The first kappa shape index (κ1) is 43.7. The molecule has 20 nitrogen and oxygen atoms in total. The zero-order valence-corrected chi connectivity index (χ0v) is 30.1. The highest BCUT2D eigenvalue weighted by molar-refractivity contribution is 7.71. The van der Waals surface area contributed by atoms with Gasteiger partial charge in [0.2, 0.25) is 23.6 Å². The van der Waals surface area contributed by atoms with Crippen molar-refractivity contribution < 1.29 is 76.6 Å². The van der Waals surface area contributed by atoms with E-state index >= 15 is 0 Å². The van der Waals surface area contributed by atoms with Crippen LogP contribution in [0.25, 0.3) is 0 Å². The monoisotopic (exact) mass is 766 g/mol. The predicted octanol–water partition coefficient (Wildman–Crippen LogP) is -0.556. The van der Waals surface area contributed by atoms with Crippen molar-refractivity contribution in [1.29, 1.82) is 0 Å². The van der Waals surface area contributed by atoms with Gasteiger partial charge in [0.1, 0.15) is 0 Å². The van der Waals surface area contributed by atoms with E-state index in [1.807, 2.05) is 0 Å². The molecule has 1 rings (SSSR count). The van der Waals surface area contributed by atoms with E-state index in [9.17, 15) is 76.6 Å². The van der Waals surface area contributed by atoms with Gasteiger partial charge in [-0.1, -0.05) is 24.3 Å². The van der Waals surface area contributed by atoms with E-state index in [2.05, 4.69) is 0 Å². The van der Waals surface area contributed by atoms with Crippen molar-refractivity contribution in [3.05, 3.63) is 35.4 Å². The summed E-state index contributed by atoms with van der Waals surface area (Å²) >= 11 is 0. The van der Waals surface area contributed by atoms with Crippen LogP contribution in [0.5, 0.6) is 0 Å². The van der Waals surface area contributed by atoms with Crippen LogP contribution in [0, 0.1) is 0 Å². The van der Waals surface area contributed by atoms with Crippen LogP contribution in [-0.2, 0) is 50.5 Å². The van der Waals surface area contributed by atoms with Crippen molar-refractivity contribution in [2.75, 3.05) is 39.3 Å². The molecule has 0 aliphatic carbocycles. The molecule has 0 fully saturated rings. The Morgan fingerprint density at radius 3 is 1.00 bits per heavy atom. The molecule has 0 aliphatic rings. The Kier molecular flexibility index (Phi) is 16.0. The molecule has 0 radical (unpaired) electrons. The quantitative estimate of drug-likeness (QED) is 0.0869. The lowest BCUT2D eigenvalue weighted by atomic mass is 10.1. The summed E-state index contributed by atoms with van der Waals surface area (Å²) in [5.74, 6) is -2.44. The second kappa shape index (κ2) is 17.6. The smallest absolute Gasteiger partial charge is 0.340 e. The zero-order valence-electron chi connectivity index (χ0n) is 26.5. The minimum atomic E-state index is -5.32. The molecule has 24 heteroatoms. The molecule has 0 heterocycles. The Labute approximate surface area is 276 Å². The van der Waals surface area contributed by atoms with Crippen molar-refractivity contribution >= 4 is 54.0 Å². The molecule has 48 heavy (non-hydrogen) atoms. The number of rotatable bonds is 18. The number of carbonyl (C=O) groups excluding carboxylic acids is 4. The first-order valence-electron chi connectivity index (χ1n) is 13.9. The highest BCUT2D eigenvalue weighted by Crippen LogP contribution is 2.60. The Morgan fingerprint density at radius 1 is 0.521 bits per heavy atom. The van der Waals surface area contributed by atoms with E-state index in [1.54, 1.807) is 24.3 Å². The predicted molar refractivity (Wildman–Crippen MR) is 169 cm³/mol. The number of hydrogen-bond donors (Lipinski definition) is 8. The Hall–Kier alpha value is -2.30. The third-order valence-corrected chi connectivity index (χ3v) is 14.5. The molecule has 4 amide bonds. The maximum atomic E-state index is 12.4. The molecule has 0 aliphatic heterocycles. The number of amides is 4. The Balaban J connectivity index is 3.10. The lowest BCUT2D eigenvalue weighted by molar-refractivity contribution is -0.133. The van der Waals surface area contributed by atoms with Gasteiger partial charge in [0.25, 0.3) is 0 Å². The van der Waals surface area contributed by atoms with Crippen molar-refractivity contribution in [3.63, 3.8) is 0 Å². The normalized spacial score (nSPS) is 12.6. The number of hydrogen-bond acceptors (Lipinski definition) is 8. The molecule has 0 atom stereocenters. The minimum Gasteiger partial charge on any atom is -0.340 e. The van der Waals surface area contributed by atoms with Gasteiger partial charge in [-0.25, -0.2) is 0 Å². The largest absolute Gasteiger partial charge is 0.342 e. The molecule has 8 N–H and O–H groups in total. The SMILES string of the molecule is CC(=O)N(CCN(CC(P(=O)(O)O)P(=O)(O)O)C(C)=O)Cc1cccc(CN(CCN(CC(P(=O)(O)O)P(=O)(O)O)C(C)=O)C(C)=O)c1. The summed E-state index contributed by atoms with van der Waals surface area (Å²) in [5.41, 5.74) is 1.08. The standard InChI is InChI=1S/C24H42N4O16P4/c1-17(29)25(8-10-27(19(3)31)15-23(45(33,34)35)46(36,37)38)13-21-6-5-7-22(12-21)14-26(18(2)30)9-11-28(20(4)32)16-24(47(39,40)41)48(42,43)44/h5-7,12,23-24H,8-11,13-16H2,1-4H3,(H2,33,34,35)(H2,36,37,38)(H2,39,40,41)(H2,42,43,44). The summed E-state index contributed by atoms with van der Waals surface area (Å²) in [6, 6.07) is 6.52. The first-order chi connectivity index (χ1) is 21.6. The fourth-order valence-corrected chi connectivity index (χ4v) is 9.19. The van der Waals surface area contributed by atoms with Gasteiger partial charge in [-0.15, -0.1) is 0 Å². The van der Waals surface area contributed by atoms with Gasteiger partial charge < -0.3 is 58.7 Å². The second-order valence-corrected chi connectivity index (χ2v) is 19.0.